The molecule has 0 saturated carbocycles. The Morgan fingerprint density at radius 2 is 1.53 bits per heavy atom. The molecule has 1 heterocycles. The number of nitrogens with zero attached hydrogens (tertiary/aromatic N) is 1. The van der Waals surface area contributed by atoms with E-state index in [9.17, 15) is 9.59 Å². The Morgan fingerprint density at radius 1 is 0.906 bits per heavy atom. The monoisotopic (exact) mass is 435 g/mol. The number of hydrogen-bond donors (Lipinski definition) is 0. The van der Waals surface area contributed by atoms with Crippen LogP contribution in [0.5, 0.6) is 17.2 Å². The van der Waals surface area contributed by atoms with Gasteiger partial charge in [0.1, 0.15) is 0 Å². The predicted octanol–water partition coefficient (Wildman–Crippen LogP) is 4.88. The highest BCUT2D eigenvalue weighted by Crippen LogP contribution is 2.50. The zero-order valence-electron chi connectivity index (χ0n) is 19.2. The van der Waals surface area contributed by atoms with Gasteiger partial charge in [-0.3, -0.25) is 14.5 Å². The lowest BCUT2D eigenvalue weighted by Crippen LogP contribution is -2.43. The van der Waals surface area contributed by atoms with Crippen LogP contribution in [0.4, 0.5) is 5.69 Å². The number of ketones is 1. The van der Waals surface area contributed by atoms with E-state index in [0.717, 1.165) is 16.9 Å². The molecule has 168 valence electrons. The van der Waals surface area contributed by atoms with Gasteiger partial charge in [-0.15, -0.1) is 0 Å². The van der Waals surface area contributed by atoms with Gasteiger partial charge >= 0.3 is 0 Å². The van der Waals surface area contributed by atoms with Crippen LogP contribution in [-0.2, 0) is 9.59 Å². The van der Waals surface area contributed by atoms with Gasteiger partial charge in [-0.05, 0) is 41.7 Å². The average molecular weight is 436 g/mol. The van der Waals surface area contributed by atoms with E-state index in [-0.39, 0.29) is 29.4 Å². The zero-order chi connectivity index (χ0) is 23.0. The first-order valence-electron chi connectivity index (χ1n) is 10.7. The number of allylic oxidation sites excluding steroid dienone is 2. The first-order valence-corrected chi connectivity index (χ1v) is 10.7. The molecule has 4 rings (SSSR count). The van der Waals surface area contributed by atoms with Gasteiger partial charge < -0.3 is 14.2 Å². The van der Waals surface area contributed by atoms with Gasteiger partial charge in [-0.2, -0.15) is 0 Å². The molecule has 0 spiro atoms. The summed E-state index contributed by atoms with van der Waals surface area (Å²) in [5.41, 5.74) is 2.88. The van der Waals surface area contributed by atoms with Crippen molar-refractivity contribution < 1.29 is 23.8 Å². The smallest absolute Gasteiger partial charge is 0.232 e. The Hall–Kier alpha value is -3.28. The lowest BCUT2D eigenvalue weighted by Gasteiger charge is -2.43. The highest BCUT2D eigenvalue weighted by molar-refractivity contribution is 6.07. The fourth-order valence-corrected chi connectivity index (χ4v) is 4.88. The molecular weight excluding hydrogens is 406 g/mol. The molecule has 1 aliphatic carbocycles. The largest absolute Gasteiger partial charge is 0.493 e. The van der Waals surface area contributed by atoms with E-state index < -0.39 is 0 Å². The van der Waals surface area contributed by atoms with Gasteiger partial charge in [0.2, 0.25) is 11.7 Å². The van der Waals surface area contributed by atoms with Gasteiger partial charge in [-0.25, -0.2) is 0 Å². The molecule has 0 bridgehead atoms. The van der Waals surface area contributed by atoms with E-state index in [1.165, 1.54) is 0 Å². The van der Waals surface area contributed by atoms with Gasteiger partial charge in [0, 0.05) is 35.7 Å². The highest BCUT2D eigenvalue weighted by atomic mass is 16.5. The van der Waals surface area contributed by atoms with Crippen LogP contribution in [0, 0.1) is 5.41 Å². The summed E-state index contributed by atoms with van der Waals surface area (Å²) in [5.74, 6) is 1.19. The molecule has 2 aliphatic rings. The molecule has 1 atom stereocenters. The summed E-state index contributed by atoms with van der Waals surface area (Å²) < 4.78 is 16.5. The summed E-state index contributed by atoms with van der Waals surface area (Å²) in [6.07, 6.45) is 1.29. The van der Waals surface area contributed by atoms with Crippen molar-refractivity contribution in [2.24, 2.45) is 5.41 Å². The Labute approximate surface area is 188 Å². The first-order chi connectivity index (χ1) is 15.3. The summed E-state index contributed by atoms with van der Waals surface area (Å²) in [7, 11) is 4.67. The van der Waals surface area contributed by atoms with Crippen molar-refractivity contribution in [2.45, 2.75) is 39.0 Å². The van der Waals surface area contributed by atoms with Crippen molar-refractivity contribution in [3.8, 4) is 17.2 Å². The fourth-order valence-electron chi connectivity index (χ4n) is 4.88. The molecule has 2 aromatic carbocycles. The van der Waals surface area contributed by atoms with Crippen LogP contribution in [0.2, 0.25) is 0 Å². The minimum atomic E-state index is -0.366. The lowest BCUT2D eigenvalue weighted by molar-refractivity contribution is -0.121. The molecule has 0 saturated heterocycles. The quantitative estimate of drug-likeness (QED) is 0.670. The minimum Gasteiger partial charge on any atom is -0.493 e. The van der Waals surface area contributed by atoms with Crippen LogP contribution in [0.3, 0.4) is 0 Å². The van der Waals surface area contributed by atoms with Crippen LogP contribution < -0.4 is 19.1 Å². The second kappa shape index (κ2) is 8.34. The summed E-state index contributed by atoms with van der Waals surface area (Å²) in [4.78, 5) is 28.7. The summed E-state index contributed by atoms with van der Waals surface area (Å²) in [5, 5.41) is 0. The molecule has 6 nitrogen and oxygen atoms in total. The second-order valence-electron chi connectivity index (χ2n) is 9.08. The van der Waals surface area contributed by atoms with E-state index in [1.807, 2.05) is 42.5 Å². The van der Waals surface area contributed by atoms with E-state index in [2.05, 4.69) is 13.8 Å². The minimum absolute atomic E-state index is 0.0285. The number of Topliss-reactive ketones (excluding diaryl/α,β-unsaturated/α-hetero) is 1. The van der Waals surface area contributed by atoms with Crippen LogP contribution >= 0.6 is 0 Å². The number of carbonyl (C=O) groups is 2. The lowest BCUT2D eigenvalue weighted by atomic mass is 9.69. The number of para-hydroxylation sites is 1. The van der Waals surface area contributed by atoms with Crippen LogP contribution in [-0.4, -0.2) is 33.0 Å². The third-order valence-electron chi connectivity index (χ3n) is 6.25. The normalized spacial score (nSPS) is 20.2. The molecule has 0 aromatic heterocycles. The molecule has 0 fully saturated rings. The maximum absolute atomic E-state index is 13.5. The molecule has 0 radical (unpaired) electrons. The number of carbonyl (C=O) groups excluding carboxylic acids is 2. The number of hydrogen-bond acceptors (Lipinski definition) is 5. The molecule has 2 aromatic rings. The van der Waals surface area contributed by atoms with Gasteiger partial charge in [0.15, 0.2) is 17.3 Å². The first kappa shape index (κ1) is 21.9. The number of methoxy groups -OCH3 is 3. The van der Waals surface area contributed by atoms with Gasteiger partial charge in [0.05, 0.1) is 21.3 Å². The molecule has 1 aliphatic heterocycles. The Balaban J connectivity index is 1.92. The van der Waals surface area contributed by atoms with Crippen molar-refractivity contribution >= 4 is 17.4 Å². The van der Waals surface area contributed by atoms with Crippen molar-refractivity contribution in [1.82, 2.24) is 0 Å². The summed E-state index contributed by atoms with van der Waals surface area (Å²) >= 11 is 0. The van der Waals surface area contributed by atoms with Crippen LogP contribution in [0.15, 0.2) is 53.7 Å². The molecule has 1 amide bonds. The molecular formula is C26H29NO5. The highest BCUT2D eigenvalue weighted by Gasteiger charge is 2.44. The Kier molecular flexibility index (Phi) is 5.71. The maximum atomic E-state index is 13.5. The predicted molar refractivity (Wildman–Crippen MR) is 122 cm³/mol. The molecule has 1 unspecified atom stereocenters. The van der Waals surface area contributed by atoms with Crippen molar-refractivity contribution in [3.05, 3.63) is 59.3 Å². The number of benzene rings is 2. The maximum Gasteiger partial charge on any atom is 0.232 e. The van der Waals surface area contributed by atoms with Gasteiger partial charge in [0.25, 0.3) is 0 Å². The van der Waals surface area contributed by atoms with Crippen molar-refractivity contribution in [3.63, 3.8) is 0 Å². The van der Waals surface area contributed by atoms with Crippen molar-refractivity contribution in [1.29, 1.82) is 0 Å². The van der Waals surface area contributed by atoms with Gasteiger partial charge in [-0.1, -0.05) is 32.0 Å². The third kappa shape index (κ3) is 3.74. The van der Waals surface area contributed by atoms with E-state index in [0.29, 0.717) is 35.7 Å². The number of rotatable bonds is 5. The Bertz CT molecular complexity index is 1060. The molecule has 0 N–H and O–H groups in total. The SMILES string of the molecule is COc1cc(C2CC(=O)N(c3ccccc3)C3=C2C(=O)CC(C)(C)C3)cc(OC)c1OC. The summed E-state index contributed by atoms with van der Waals surface area (Å²) in [6, 6.07) is 13.2. The number of amides is 1. The second-order valence-corrected chi connectivity index (χ2v) is 9.08. The average Bonchev–Trinajstić information content (AvgIpc) is 2.77. The fraction of sp³-hybridized carbons (Fsp3) is 0.385. The van der Waals surface area contributed by atoms with E-state index in [1.54, 1.807) is 26.2 Å². The van der Waals surface area contributed by atoms with Crippen LogP contribution in [0.1, 0.15) is 44.6 Å². The third-order valence-corrected chi connectivity index (χ3v) is 6.25. The molecule has 6 heteroatoms. The summed E-state index contributed by atoms with van der Waals surface area (Å²) in [6.45, 7) is 4.15. The number of anilines is 1. The van der Waals surface area contributed by atoms with Crippen molar-refractivity contribution in [2.75, 3.05) is 26.2 Å². The zero-order valence-corrected chi connectivity index (χ0v) is 19.2. The number of ether oxygens (including phenoxy) is 3. The molecule has 32 heavy (non-hydrogen) atoms. The van der Waals surface area contributed by atoms with E-state index >= 15 is 0 Å². The van der Waals surface area contributed by atoms with E-state index in [4.69, 9.17) is 14.2 Å². The topological polar surface area (TPSA) is 65.1 Å². The van der Waals surface area contributed by atoms with Crippen LogP contribution in [0.25, 0.3) is 0 Å². The Morgan fingerprint density at radius 3 is 2.09 bits per heavy atom. The standard InChI is InChI=1S/C26H29NO5/c1-26(2)14-19-24(20(28)15-26)18(13-23(29)27(19)17-9-7-6-8-10-17)16-11-21(30-3)25(32-5)22(12-16)31-4/h6-12,18H,13-15H2,1-5H3.